The Morgan fingerprint density at radius 3 is 2.80 bits per heavy atom. The second kappa shape index (κ2) is 4.03. The predicted octanol–water partition coefficient (Wildman–Crippen LogP) is 1.60. The third-order valence-corrected chi connectivity index (χ3v) is 3.00. The summed E-state index contributed by atoms with van der Waals surface area (Å²) in [6, 6.07) is 5.96. The van der Waals surface area contributed by atoms with E-state index in [-0.39, 0.29) is 11.9 Å². The number of benzene rings is 1. The van der Waals surface area contributed by atoms with Gasteiger partial charge in [0.25, 0.3) is 0 Å². The lowest BCUT2D eigenvalue weighted by Crippen LogP contribution is -2.50. The van der Waals surface area contributed by atoms with Gasteiger partial charge < -0.3 is 10.6 Å². The molecular weight excluding hydrogens is 188 g/mol. The van der Waals surface area contributed by atoms with E-state index in [4.69, 9.17) is 0 Å². The molecule has 0 saturated carbocycles. The van der Waals surface area contributed by atoms with E-state index < -0.39 is 0 Å². The van der Waals surface area contributed by atoms with Gasteiger partial charge in [0.1, 0.15) is 0 Å². The molecule has 2 rings (SSSR count). The molecule has 0 aliphatic carbocycles. The summed E-state index contributed by atoms with van der Waals surface area (Å²) >= 11 is 0. The number of nitrogens with one attached hydrogen (secondary N) is 2. The Morgan fingerprint density at radius 1 is 1.47 bits per heavy atom. The minimum atomic E-state index is 0.00455. The van der Waals surface area contributed by atoms with E-state index in [1.54, 1.807) is 0 Å². The lowest BCUT2D eigenvalue weighted by molar-refractivity contribution is -0.119. The summed E-state index contributed by atoms with van der Waals surface area (Å²) < 4.78 is 0. The number of aryl methyl sites for hydroxylation is 1. The summed E-state index contributed by atoms with van der Waals surface area (Å²) in [6.45, 7) is 5.02. The van der Waals surface area contributed by atoms with Gasteiger partial charge in [0, 0.05) is 5.69 Å². The van der Waals surface area contributed by atoms with Crippen LogP contribution in [0, 0.1) is 13.8 Å². The van der Waals surface area contributed by atoms with Crippen LogP contribution in [0.5, 0.6) is 0 Å². The van der Waals surface area contributed by atoms with Crippen molar-refractivity contribution in [2.45, 2.75) is 26.3 Å². The fourth-order valence-corrected chi connectivity index (χ4v) is 1.62. The predicted molar refractivity (Wildman–Crippen MR) is 61.0 cm³/mol. The highest BCUT2D eigenvalue weighted by Crippen LogP contribution is 2.18. The summed E-state index contributed by atoms with van der Waals surface area (Å²) in [6.07, 6.45) is 0.941. The average Bonchev–Trinajstić information content (AvgIpc) is 2.10. The third kappa shape index (κ3) is 2.02. The van der Waals surface area contributed by atoms with Gasteiger partial charge in [0.2, 0.25) is 5.91 Å². The Bertz CT molecular complexity index is 383. The van der Waals surface area contributed by atoms with Gasteiger partial charge in [-0.1, -0.05) is 12.1 Å². The van der Waals surface area contributed by atoms with Crippen molar-refractivity contribution >= 4 is 11.6 Å². The third-order valence-electron chi connectivity index (χ3n) is 3.00. The molecule has 1 aliphatic rings. The minimum absolute atomic E-state index is 0.00455. The first-order chi connectivity index (χ1) is 7.18. The van der Waals surface area contributed by atoms with Crippen molar-refractivity contribution in [2.24, 2.45) is 0 Å². The Labute approximate surface area is 89.9 Å². The van der Waals surface area contributed by atoms with E-state index in [0.29, 0.717) is 0 Å². The summed E-state index contributed by atoms with van der Waals surface area (Å²) in [5.74, 6) is 0.0787. The van der Waals surface area contributed by atoms with Crippen molar-refractivity contribution < 1.29 is 4.79 Å². The van der Waals surface area contributed by atoms with E-state index in [1.807, 2.05) is 32.0 Å². The Kier molecular flexibility index (Phi) is 2.73. The maximum absolute atomic E-state index is 11.7. The molecule has 1 aromatic rings. The molecule has 1 aromatic carbocycles. The van der Waals surface area contributed by atoms with E-state index in [2.05, 4.69) is 10.6 Å². The molecule has 15 heavy (non-hydrogen) atoms. The molecule has 1 fully saturated rings. The molecule has 3 heteroatoms. The quantitative estimate of drug-likeness (QED) is 0.768. The highest BCUT2D eigenvalue weighted by Gasteiger charge is 2.24. The summed E-state index contributed by atoms with van der Waals surface area (Å²) in [5, 5.41) is 6.04. The maximum atomic E-state index is 11.7. The number of carbonyl (C=O) groups is 1. The van der Waals surface area contributed by atoms with Crippen molar-refractivity contribution in [1.82, 2.24) is 5.32 Å². The zero-order chi connectivity index (χ0) is 10.8. The summed E-state index contributed by atoms with van der Waals surface area (Å²) in [7, 11) is 0. The summed E-state index contributed by atoms with van der Waals surface area (Å²) in [5.41, 5.74) is 3.27. The Balaban J connectivity index is 2.09. The van der Waals surface area contributed by atoms with Crippen molar-refractivity contribution in [3.63, 3.8) is 0 Å². The van der Waals surface area contributed by atoms with Crippen molar-refractivity contribution in [3.05, 3.63) is 29.3 Å². The van der Waals surface area contributed by atoms with Crippen molar-refractivity contribution in [3.8, 4) is 0 Å². The van der Waals surface area contributed by atoms with Gasteiger partial charge in [0.15, 0.2) is 0 Å². The SMILES string of the molecule is Cc1cccc(NC(=O)[C@H]2CCN2)c1C. The van der Waals surface area contributed by atoms with Gasteiger partial charge in [-0.15, -0.1) is 0 Å². The lowest BCUT2D eigenvalue weighted by atomic mass is 10.1. The molecule has 80 valence electrons. The Hall–Kier alpha value is -1.35. The number of rotatable bonds is 2. The second-order valence-electron chi connectivity index (χ2n) is 4.03. The van der Waals surface area contributed by atoms with Crippen LogP contribution in [-0.2, 0) is 4.79 Å². The molecule has 2 N–H and O–H groups in total. The van der Waals surface area contributed by atoms with E-state index in [9.17, 15) is 4.79 Å². The fraction of sp³-hybridized carbons (Fsp3) is 0.417. The molecule has 3 nitrogen and oxygen atoms in total. The first-order valence-electron chi connectivity index (χ1n) is 5.29. The number of carbonyl (C=O) groups excluding carboxylic acids is 1. The van der Waals surface area contributed by atoms with Crippen LogP contribution in [0.15, 0.2) is 18.2 Å². The average molecular weight is 204 g/mol. The van der Waals surface area contributed by atoms with Crippen LogP contribution in [0.4, 0.5) is 5.69 Å². The zero-order valence-corrected chi connectivity index (χ0v) is 9.13. The minimum Gasteiger partial charge on any atom is -0.324 e. The molecule has 0 unspecified atom stereocenters. The topological polar surface area (TPSA) is 41.1 Å². The molecule has 1 saturated heterocycles. The molecule has 0 spiro atoms. The fourth-order valence-electron chi connectivity index (χ4n) is 1.62. The van der Waals surface area contributed by atoms with Gasteiger partial charge in [-0.05, 0) is 44.0 Å². The number of hydrogen-bond donors (Lipinski definition) is 2. The van der Waals surface area contributed by atoms with Crippen LogP contribution in [0.2, 0.25) is 0 Å². The number of amides is 1. The molecule has 0 aromatic heterocycles. The van der Waals surface area contributed by atoms with Crippen molar-refractivity contribution in [1.29, 1.82) is 0 Å². The van der Waals surface area contributed by atoms with Gasteiger partial charge in [-0.2, -0.15) is 0 Å². The second-order valence-corrected chi connectivity index (χ2v) is 4.03. The molecule has 1 amide bonds. The van der Waals surface area contributed by atoms with Crippen LogP contribution >= 0.6 is 0 Å². The first kappa shape index (κ1) is 10.2. The molecule has 0 bridgehead atoms. The van der Waals surface area contributed by atoms with E-state index >= 15 is 0 Å². The van der Waals surface area contributed by atoms with Gasteiger partial charge in [0.05, 0.1) is 6.04 Å². The monoisotopic (exact) mass is 204 g/mol. The van der Waals surface area contributed by atoms with Crippen LogP contribution in [0.3, 0.4) is 0 Å². The molecular formula is C12H16N2O. The first-order valence-corrected chi connectivity index (χ1v) is 5.29. The van der Waals surface area contributed by atoms with Crippen LogP contribution < -0.4 is 10.6 Å². The Morgan fingerprint density at radius 2 is 2.20 bits per heavy atom. The molecule has 1 atom stereocenters. The smallest absolute Gasteiger partial charge is 0.241 e. The van der Waals surface area contributed by atoms with Crippen molar-refractivity contribution in [2.75, 3.05) is 11.9 Å². The van der Waals surface area contributed by atoms with Gasteiger partial charge >= 0.3 is 0 Å². The summed E-state index contributed by atoms with van der Waals surface area (Å²) in [4.78, 5) is 11.7. The zero-order valence-electron chi connectivity index (χ0n) is 9.13. The lowest BCUT2D eigenvalue weighted by Gasteiger charge is -2.26. The van der Waals surface area contributed by atoms with Crippen LogP contribution in [0.25, 0.3) is 0 Å². The largest absolute Gasteiger partial charge is 0.324 e. The maximum Gasteiger partial charge on any atom is 0.241 e. The van der Waals surface area contributed by atoms with Gasteiger partial charge in [-0.3, -0.25) is 4.79 Å². The standard InChI is InChI=1S/C12H16N2O/c1-8-4-3-5-10(9(8)2)14-12(15)11-6-7-13-11/h3-5,11,13H,6-7H2,1-2H3,(H,14,15)/t11-/m1/s1. The normalized spacial score (nSPS) is 19.5. The number of hydrogen-bond acceptors (Lipinski definition) is 2. The van der Waals surface area contributed by atoms with Crippen LogP contribution in [0.1, 0.15) is 17.5 Å². The van der Waals surface area contributed by atoms with Gasteiger partial charge in [-0.25, -0.2) is 0 Å². The number of anilines is 1. The van der Waals surface area contributed by atoms with E-state index in [1.165, 1.54) is 5.56 Å². The highest BCUT2D eigenvalue weighted by atomic mass is 16.2. The molecule has 1 heterocycles. The molecule has 0 radical (unpaired) electrons. The van der Waals surface area contributed by atoms with Crippen LogP contribution in [-0.4, -0.2) is 18.5 Å². The van der Waals surface area contributed by atoms with E-state index in [0.717, 1.165) is 24.2 Å². The molecule has 1 aliphatic heterocycles. The highest BCUT2D eigenvalue weighted by molar-refractivity contribution is 5.96.